The van der Waals surface area contributed by atoms with Gasteiger partial charge in [-0.05, 0) is 36.8 Å². The van der Waals surface area contributed by atoms with E-state index in [-0.39, 0.29) is 5.97 Å². The summed E-state index contributed by atoms with van der Waals surface area (Å²) < 4.78 is 10.3. The first-order chi connectivity index (χ1) is 16.1. The molecule has 4 aromatic rings. The summed E-state index contributed by atoms with van der Waals surface area (Å²) in [7, 11) is 1.37. The van der Waals surface area contributed by atoms with E-state index in [9.17, 15) is 4.79 Å². The summed E-state index contributed by atoms with van der Waals surface area (Å²) >= 11 is 0. The zero-order valence-corrected chi connectivity index (χ0v) is 18.6. The molecule has 2 aromatic heterocycles. The number of nitrogens with zero attached hydrogens (tertiary/aromatic N) is 3. The van der Waals surface area contributed by atoms with Crippen LogP contribution in [0.15, 0.2) is 54.7 Å². The molecule has 0 atom stereocenters. The Labute approximate surface area is 191 Å². The molecule has 8 nitrogen and oxygen atoms in total. The molecule has 33 heavy (non-hydrogen) atoms. The molecule has 3 heterocycles. The fourth-order valence-corrected chi connectivity index (χ4v) is 4.05. The van der Waals surface area contributed by atoms with Crippen LogP contribution >= 0.6 is 0 Å². The van der Waals surface area contributed by atoms with Crippen molar-refractivity contribution >= 4 is 34.5 Å². The third-order valence-electron chi connectivity index (χ3n) is 5.71. The molecule has 5 rings (SSSR count). The van der Waals surface area contributed by atoms with Gasteiger partial charge in [0, 0.05) is 30.5 Å². The molecule has 0 aliphatic carbocycles. The van der Waals surface area contributed by atoms with Gasteiger partial charge in [-0.3, -0.25) is 0 Å². The number of carbonyl (C=O) groups excluding carboxylic acids is 1. The second-order valence-corrected chi connectivity index (χ2v) is 7.96. The van der Waals surface area contributed by atoms with Crippen molar-refractivity contribution in [2.24, 2.45) is 0 Å². The van der Waals surface area contributed by atoms with E-state index in [1.54, 1.807) is 24.3 Å². The van der Waals surface area contributed by atoms with Crippen LogP contribution in [0.25, 0.3) is 22.2 Å². The molecule has 0 radical (unpaired) electrons. The summed E-state index contributed by atoms with van der Waals surface area (Å²) in [5.74, 6) is 0.978. The molecule has 0 saturated carbocycles. The van der Waals surface area contributed by atoms with Crippen LogP contribution in [0.3, 0.4) is 0 Å². The zero-order valence-electron chi connectivity index (χ0n) is 18.6. The van der Waals surface area contributed by atoms with E-state index in [1.165, 1.54) is 12.7 Å². The van der Waals surface area contributed by atoms with E-state index < -0.39 is 0 Å². The Balaban J connectivity index is 1.56. The third-order valence-corrected chi connectivity index (χ3v) is 5.71. The number of hydrogen-bond acceptors (Lipinski definition) is 7. The number of nitrogens with one attached hydrogen (secondary N) is 2. The van der Waals surface area contributed by atoms with Crippen LogP contribution in [0, 0.1) is 6.92 Å². The molecule has 1 aliphatic heterocycles. The van der Waals surface area contributed by atoms with Crippen LogP contribution in [-0.4, -0.2) is 54.3 Å². The van der Waals surface area contributed by atoms with Gasteiger partial charge in [0.1, 0.15) is 11.5 Å². The molecule has 1 fully saturated rings. The minimum absolute atomic E-state index is 0.371. The maximum atomic E-state index is 11.7. The standard InChI is InChI=1S/C25H25N5O3/c1-16-4-3-5-18(14-16)20-15-26-22-21(20)23(30-10-12-33-13-11-30)29-25(28-22)27-19-8-6-17(7-9-19)24(31)32-2/h3-9,14-15H,10-13H2,1-2H3,(H2,26,27,28,29). The smallest absolute Gasteiger partial charge is 0.337 e. The normalized spacial score (nSPS) is 13.8. The zero-order chi connectivity index (χ0) is 22.8. The first kappa shape index (κ1) is 21.0. The van der Waals surface area contributed by atoms with Gasteiger partial charge in [0.25, 0.3) is 0 Å². The summed E-state index contributed by atoms with van der Waals surface area (Å²) in [5, 5.41) is 4.26. The topological polar surface area (TPSA) is 92.4 Å². The number of morpholine rings is 1. The van der Waals surface area contributed by atoms with Crippen LogP contribution in [0.2, 0.25) is 0 Å². The number of carbonyl (C=O) groups is 1. The van der Waals surface area contributed by atoms with E-state index >= 15 is 0 Å². The highest BCUT2D eigenvalue weighted by molar-refractivity contribution is 6.02. The highest BCUT2D eigenvalue weighted by atomic mass is 16.5. The van der Waals surface area contributed by atoms with Crippen LogP contribution < -0.4 is 10.2 Å². The Morgan fingerprint density at radius 2 is 1.91 bits per heavy atom. The Morgan fingerprint density at radius 3 is 2.64 bits per heavy atom. The van der Waals surface area contributed by atoms with Crippen molar-refractivity contribution in [2.75, 3.05) is 43.6 Å². The van der Waals surface area contributed by atoms with Crippen LogP contribution in [0.4, 0.5) is 17.5 Å². The van der Waals surface area contributed by atoms with Gasteiger partial charge in [-0.25, -0.2) is 4.79 Å². The average Bonchev–Trinajstić information content (AvgIpc) is 3.28. The van der Waals surface area contributed by atoms with E-state index in [2.05, 4.69) is 46.4 Å². The van der Waals surface area contributed by atoms with Gasteiger partial charge in [0.2, 0.25) is 5.95 Å². The number of benzene rings is 2. The predicted molar refractivity (Wildman–Crippen MR) is 128 cm³/mol. The number of ether oxygens (including phenoxy) is 2. The van der Waals surface area contributed by atoms with Crippen LogP contribution in [-0.2, 0) is 9.47 Å². The Kier molecular flexibility index (Phi) is 5.66. The van der Waals surface area contributed by atoms with E-state index in [1.807, 2.05) is 6.20 Å². The van der Waals surface area contributed by atoms with E-state index in [0.29, 0.717) is 24.7 Å². The molecule has 2 N–H and O–H groups in total. The van der Waals surface area contributed by atoms with E-state index in [4.69, 9.17) is 19.4 Å². The minimum atomic E-state index is -0.371. The largest absolute Gasteiger partial charge is 0.465 e. The Morgan fingerprint density at radius 1 is 1.12 bits per heavy atom. The van der Waals surface area contributed by atoms with Crippen molar-refractivity contribution in [1.82, 2.24) is 15.0 Å². The average molecular weight is 444 g/mol. The van der Waals surface area contributed by atoms with Crippen molar-refractivity contribution in [3.8, 4) is 11.1 Å². The molecular formula is C25H25N5O3. The first-order valence-electron chi connectivity index (χ1n) is 10.9. The SMILES string of the molecule is COC(=O)c1ccc(Nc2nc(N3CCOCC3)c3c(-c4cccc(C)c4)c[nH]c3n2)cc1. The maximum Gasteiger partial charge on any atom is 0.337 e. The number of hydrogen-bond donors (Lipinski definition) is 2. The van der Waals surface area contributed by atoms with Crippen molar-refractivity contribution in [1.29, 1.82) is 0 Å². The second kappa shape index (κ2) is 8.91. The number of aromatic amines is 1. The monoisotopic (exact) mass is 443 g/mol. The van der Waals surface area contributed by atoms with Gasteiger partial charge in [0.15, 0.2) is 0 Å². The van der Waals surface area contributed by atoms with Gasteiger partial charge in [-0.1, -0.05) is 29.8 Å². The highest BCUT2D eigenvalue weighted by Gasteiger charge is 2.21. The Bertz CT molecular complexity index is 1290. The van der Waals surface area contributed by atoms with Crippen molar-refractivity contribution in [3.63, 3.8) is 0 Å². The lowest BCUT2D eigenvalue weighted by molar-refractivity contribution is 0.0600. The first-order valence-corrected chi connectivity index (χ1v) is 10.9. The number of esters is 1. The Hall–Kier alpha value is -3.91. The molecule has 1 aliphatic rings. The van der Waals surface area contributed by atoms with E-state index in [0.717, 1.165) is 46.8 Å². The number of aromatic nitrogens is 3. The third kappa shape index (κ3) is 4.25. The second-order valence-electron chi connectivity index (χ2n) is 7.96. The lowest BCUT2D eigenvalue weighted by Crippen LogP contribution is -2.37. The molecule has 1 saturated heterocycles. The minimum Gasteiger partial charge on any atom is -0.465 e. The summed E-state index contributed by atoms with van der Waals surface area (Å²) in [4.78, 5) is 26.9. The van der Waals surface area contributed by atoms with Gasteiger partial charge in [-0.2, -0.15) is 9.97 Å². The quantitative estimate of drug-likeness (QED) is 0.444. The predicted octanol–water partition coefficient (Wildman–Crippen LogP) is 4.30. The van der Waals surface area contributed by atoms with Gasteiger partial charge in [0.05, 0.1) is 31.3 Å². The lowest BCUT2D eigenvalue weighted by atomic mass is 10.0. The molecular weight excluding hydrogens is 418 g/mol. The maximum absolute atomic E-state index is 11.7. The van der Waals surface area contributed by atoms with Crippen LogP contribution in [0.5, 0.6) is 0 Å². The number of aryl methyl sites for hydroxylation is 1. The molecule has 0 unspecified atom stereocenters. The molecule has 168 valence electrons. The fraction of sp³-hybridized carbons (Fsp3) is 0.240. The number of H-pyrrole nitrogens is 1. The molecule has 8 heteroatoms. The summed E-state index contributed by atoms with van der Waals surface area (Å²) in [6.45, 7) is 4.93. The van der Waals surface area contributed by atoms with Crippen molar-refractivity contribution in [3.05, 3.63) is 65.9 Å². The molecule has 0 spiro atoms. The van der Waals surface area contributed by atoms with Gasteiger partial charge >= 0.3 is 5.97 Å². The molecule has 0 amide bonds. The molecule has 2 aromatic carbocycles. The highest BCUT2D eigenvalue weighted by Crippen LogP contribution is 2.36. The number of anilines is 3. The number of fused-ring (bicyclic) bond motifs is 1. The summed E-state index contributed by atoms with van der Waals surface area (Å²) in [5.41, 5.74) is 5.42. The van der Waals surface area contributed by atoms with Crippen LogP contribution in [0.1, 0.15) is 15.9 Å². The summed E-state index contributed by atoms with van der Waals surface area (Å²) in [6.07, 6.45) is 1.99. The fourth-order valence-electron chi connectivity index (χ4n) is 4.05. The summed E-state index contributed by atoms with van der Waals surface area (Å²) in [6, 6.07) is 15.5. The lowest BCUT2D eigenvalue weighted by Gasteiger charge is -2.28. The van der Waals surface area contributed by atoms with Gasteiger partial charge in [-0.15, -0.1) is 0 Å². The molecule has 0 bridgehead atoms. The van der Waals surface area contributed by atoms with Crippen molar-refractivity contribution in [2.45, 2.75) is 6.92 Å². The number of rotatable bonds is 5. The van der Waals surface area contributed by atoms with Crippen molar-refractivity contribution < 1.29 is 14.3 Å². The number of methoxy groups -OCH3 is 1. The van der Waals surface area contributed by atoms with Gasteiger partial charge < -0.3 is 24.7 Å².